The summed E-state index contributed by atoms with van der Waals surface area (Å²) in [5.74, 6) is 0.938. The zero-order valence-corrected chi connectivity index (χ0v) is 7.67. The molecule has 0 bridgehead atoms. The minimum absolute atomic E-state index is 0.0113. The number of ether oxygens (including phenoxy) is 1. The first-order valence-electron chi connectivity index (χ1n) is 3.56. The quantitative estimate of drug-likeness (QED) is 0.570. The average molecular weight is 182 g/mol. The van der Waals surface area contributed by atoms with Crippen LogP contribution in [0.5, 0.6) is 5.75 Å². The number of methoxy groups -OCH3 is 1. The van der Waals surface area contributed by atoms with E-state index < -0.39 is 0 Å². The molecule has 0 fully saturated rings. The van der Waals surface area contributed by atoms with Crippen molar-refractivity contribution in [2.45, 2.75) is 0 Å². The third-order valence-electron chi connectivity index (χ3n) is 1.54. The molecular formula is C9H10O2S. The molecule has 0 atom stereocenters. The second-order valence-corrected chi connectivity index (χ2v) is 2.63. The Labute approximate surface area is 77.0 Å². The van der Waals surface area contributed by atoms with Crippen molar-refractivity contribution in [3.05, 3.63) is 29.8 Å². The molecule has 0 radical (unpaired) electrons. The molecular weight excluding hydrogens is 172 g/mol. The minimum Gasteiger partial charge on any atom is -0.497 e. The zero-order chi connectivity index (χ0) is 8.97. The summed E-state index contributed by atoms with van der Waals surface area (Å²) in [5, 5.41) is 0. The number of carbonyl (C=O) groups is 1. The van der Waals surface area contributed by atoms with Gasteiger partial charge in [0.2, 0.25) is 0 Å². The standard InChI is InChI=1S/C9H10O2S/c1-11-8-4-2-3-7(5-8)9(10)6-12/h2-5,12H,6H2,1H3. The molecule has 12 heavy (non-hydrogen) atoms. The van der Waals surface area contributed by atoms with Crippen molar-refractivity contribution in [2.24, 2.45) is 0 Å². The molecule has 1 aromatic carbocycles. The molecule has 0 saturated carbocycles. The minimum atomic E-state index is 0.0113. The van der Waals surface area contributed by atoms with Crippen molar-refractivity contribution < 1.29 is 9.53 Å². The van der Waals surface area contributed by atoms with Crippen LogP contribution in [0.3, 0.4) is 0 Å². The van der Waals surface area contributed by atoms with Crippen LogP contribution < -0.4 is 4.74 Å². The Morgan fingerprint density at radius 1 is 1.58 bits per heavy atom. The maximum Gasteiger partial charge on any atom is 0.172 e. The smallest absolute Gasteiger partial charge is 0.172 e. The second-order valence-electron chi connectivity index (χ2n) is 2.31. The Morgan fingerprint density at radius 2 is 2.33 bits per heavy atom. The average Bonchev–Trinajstić information content (AvgIpc) is 2.17. The summed E-state index contributed by atoms with van der Waals surface area (Å²) < 4.78 is 4.97. The van der Waals surface area contributed by atoms with Gasteiger partial charge in [-0.3, -0.25) is 4.79 Å². The first-order chi connectivity index (χ1) is 5.77. The monoisotopic (exact) mass is 182 g/mol. The molecule has 0 amide bonds. The SMILES string of the molecule is COc1cccc(C(=O)CS)c1. The number of benzene rings is 1. The highest BCUT2D eigenvalue weighted by Crippen LogP contribution is 2.12. The molecule has 3 heteroatoms. The van der Waals surface area contributed by atoms with Gasteiger partial charge in [0.05, 0.1) is 12.9 Å². The van der Waals surface area contributed by atoms with Crippen LogP contribution in [0.15, 0.2) is 24.3 Å². The summed E-state index contributed by atoms with van der Waals surface area (Å²) in [6.07, 6.45) is 0. The lowest BCUT2D eigenvalue weighted by Crippen LogP contribution is -1.99. The van der Waals surface area contributed by atoms with E-state index in [0.29, 0.717) is 11.3 Å². The summed E-state index contributed by atoms with van der Waals surface area (Å²) in [6.45, 7) is 0. The Hall–Kier alpha value is -0.960. The van der Waals surface area contributed by atoms with E-state index >= 15 is 0 Å². The molecule has 64 valence electrons. The van der Waals surface area contributed by atoms with Gasteiger partial charge in [-0.25, -0.2) is 0 Å². The van der Waals surface area contributed by atoms with Gasteiger partial charge in [-0.2, -0.15) is 12.6 Å². The number of hydrogen-bond acceptors (Lipinski definition) is 3. The highest BCUT2D eigenvalue weighted by molar-refractivity contribution is 7.81. The fourth-order valence-electron chi connectivity index (χ4n) is 0.888. The molecule has 0 aromatic heterocycles. The summed E-state index contributed by atoms with van der Waals surface area (Å²) in [7, 11) is 1.57. The molecule has 0 aliphatic heterocycles. The molecule has 0 aliphatic rings. The Balaban J connectivity index is 2.93. The largest absolute Gasteiger partial charge is 0.497 e. The number of Topliss-reactive ketones (excluding diaryl/α,β-unsaturated/α-hetero) is 1. The molecule has 0 spiro atoms. The van der Waals surface area contributed by atoms with E-state index in [0.717, 1.165) is 0 Å². The molecule has 0 unspecified atom stereocenters. The van der Waals surface area contributed by atoms with Crippen LogP contribution in [-0.4, -0.2) is 18.6 Å². The van der Waals surface area contributed by atoms with Crippen LogP contribution in [0.25, 0.3) is 0 Å². The van der Waals surface area contributed by atoms with Crippen LogP contribution in [0.1, 0.15) is 10.4 Å². The van der Waals surface area contributed by atoms with E-state index in [1.807, 2.05) is 0 Å². The van der Waals surface area contributed by atoms with Gasteiger partial charge in [0, 0.05) is 5.56 Å². The van der Waals surface area contributed by atoms with Gasteiger partial charge in [0.1, 0.15) is 5.75 Å². The van der Waals surface area contributed by atoms with Crippen molar-refractivity contribution in [3.63, 3.8) is 0 Å². The molecule has 2 nitrogen and oxygen atoms in total. The van der Waals surface area contributed by atoms with Gasteiger partial charge in [-0.1, -0.05) is 12.1 Å². The van der Waals surface area contributed by atoms with Crippen molar-refractivity contribution >= 4 is 18.4 Å². The van der Waals surface area contributed by atoms with Crippen molar-refractivity contribution in [3.8, 4) is 5.75 Å². The molecule has 1 rings (SSSR count). The Morgan fingerprint density at radius 3 is 2.92 bits per heavy atom. The number of thiol groups is 1. The summed E-state index contributed by atoms with van der Waals surface area (Å²) in [6, 6.07) is 7.05. The van der Waals surface area contributed by atoms with Gasteiger partial charge >= 0.3 is 0 Å². The zero-order valence-electron chi connectivity index (χ0n) is 6.78. The lowest BCUT2D eigenvalue weighted by atomic mass is 10.1. The predicted octanol–water partition coefficient (Wildman–Crippen LogP) is 1.81. The lowest BCUT2D eigenvalue weighted by Gasteiger charge is -2.01. The predicted molar refractivity (Wildman–Crippen MR) is 51.2 cm³/mol. The van der Waals surface area contributed by atoms with E-state index in [-0.39, 0.29) is 11.5 Å². The Kier molecular flexibility index (Phi) is 3.17. The van der Waals surface area contributed by atoms with E-state index in [2.05, 4.69) is 12.6 Å². The van der Waals surface area contributed by atoms with Gasteiger partial charge in [-0.15, -0.1) is 0 Å². The first-order valence-corrected chi connectivity index (χ1v) is 4.19. The summed E-state index contributed by atoms with van der Waals surface area (Å²) in [4.78, 5) is 11.1. The van der Waals surface area contributed by atoms with Gasteiger partial charge in [-0.05, 0) is 12.1 Å². The van der Waals surface area contributed by atoms with E-state index in [9.17, 15) is 4.79 Å². The van der Waals surface area contributed by atoms with Gasteiger partial charge in [0.15, 0.2) is 5.78 Å². The van der Waals surface area contributed by atoms with E-state index in [4.69, 9.17) is 4.74 Å². The van der Waals surface area contributed by atoms with Gasteiger partial charge in [0.25, 0.3) is 0 Å². The van der Waals surface area contributed by atoms with Crippen molar-refractivity contribution in [1.82, 2.24) is 0 Å². The number of carbonyl (C=O) groups excluding carboxylic acids is 1. The highest BCUT2D eigenvalue weighted by Gasteiger charge is 2.03. The van der Waals surface area contributed by atoms with Crippen LogP contribution in [0.4, 0.5) is 0 Å². The van der Waals surface area contributed by atoms with Crippen LogP contribution in [-0.2, 0) is 0 Å². The maximum atomic E-state index is 11.1. The second kappa shape index (κ2) is 4.16. The molecule has 0 saturated heterocycles. The fraction of sp³-hybridized carbons (Fsp3) is 0.222. The van der Waals surface area contributed by atoms with Crippen molar-refractivity contribution in [2.75, 3.05) is 12.9 Å². The third kappa shape index (κ3) is 2.01. The first kappa shape index (κ1) is 9.13. The Bertz CT molecular complexity index is 284. The van der Waals surface area contributed by atoms with E-state index in [1.54, 1.807) is 31.4 Å². The molecule has 0 N–H and O–H groups in total. The molecule has 0 aliphatic carbocycles. The lowest BCUT2D eigenvalue weighted by molar-refractivity contribution is 0.102. The van der Waals surface area contributed by atoms with Crippen LogP contribution >= 0.6 is 12.6 Å². The number of hydrogen-bond donors (Lipinski definition) is 1. The van der Waals surface area contributed by atoms with Crippen LogP contribution in [0.2, 0.25) is 0 Å². The third-order valence-corrected chi connectivity index (χ3v) is 1.82. The molecule has 0 heterocycles. The van der Waals surface area contributed by atoms with Crippen LogP contribution in [0, 0.1) is 0 Å². The van der Waals surface area contributed by atoms with Gasteiger partial charge < -0.3 is 4.74 Å². The number of rotatable bonds is 3. The summed E-state index contributed by atoms with van der Waals surface area (Å²) in [5.41, 5.74) is 0.643. The highest BCUT2D eigenvalue weighted by atomic mass is 32.1. The normalized spacial score (nSPS) is 9.50. The fourth-order valence-corrected chi connectivity index (χ4v) is 1.07. The topological polar surface area (TPSA) is 26.3 Å². The van der Waals surface area contributed by atoms with Crippen molar-refractivity contribution in [1.29, 1.82) is 0 Å². The molecule has 1 aromatic rings. The van der Waals surface area contributed by atoms with E-state index in [1.165, 1.54) is 0 Å². The maximum absolute atomic E-state index is 11.1. The summed E-state index contributed by atoms with van der Waals surface area (Å²) >= 11 is 3.90. The number of ketones is 1.